The van der Waals surface area contributed by atoms with E-state index in [-0.39, 0.29) is 0 Å². The van der Waals surface area contributed by atoms with Gasteiger partial charge in [-0.3, -0.25) is 0 Å². The average molecular weight is 583 g/mol. The molecular weight excluding hydrogens is 548 g/mol. The molecule has 2 aliphatic rings. The normalized spacial score (nSPS) is 15.1. The standard InChI is InChI=1S/C41H34N4/c1-42-20-22-43(23-21-42)35-18-19-38-41(28-35)45(37-17-15-30-9-3-5-11-32(30)25-37)40-27-34-13-7-6-12-33(34)26-39(40)44(38)36-16-14-29-8-2-4-10-31(29)24-36/h2-19,24-28H,20-23H2,1H3. The summed E-state index contributed by atoms with van der Waals surface area (Å²) in [5.41, 5.74) is 8.33. The molecule has 7 aromatic rings. The van der Waals surface area contributed by atoms with Crippen LogP contribution in [0.5, 0.6) is 0 Å². The molecule has 1 saturated heterocycles. The Hall–Kier alpha value is -5.32. The fourth-order valence-electron chi connectivity index (χ4n) is 7.16. The van der Waals surface area contributed by atoms with Crippen LogP contribution in [-0.2, 0) is 0 Å². The minimum absolute atomic E-state index is 1.03. The molecule has 0 atom stereocenters. The first-order valence-corrected chi connectivity index (χ1v) is 15.9. The molecular formula is C41H34N4. The monoisotopic (exact) mass is 582 g/mol. The first-order valence-electron chi connectivity index (χ1n) is 15.9. The summed E-state index contributed by atoms with van der Waals surface area (Å²) < 4.78 is 0. The zero-order valence-corrected chi connectivity index (χ0v) is 25.4. The molecule has 4 nitrogen and oxygen atoms in total. The lowest BCUT2D eigenvalue weighted by molar-refractivity contribution is 0.313. The number of rotatable bonds is 3. The third-order valence-electron chi connectivity index (χ3n) is 9.62. The van der Waals surface area contributed by atoms with Crippen LogP contribution in [-0.4, -0.2) is 38.1 Å². The van der Waals surface area contributed by atoms with Crippen LogP contribution < -0.4 is 14.7 Å². The van der Waals surface area contributed by atoms with Crippen LogP contribution in [0.3, 0.4) is 0 Å². The lowest BCUT2D eigenvalue weighted by Gasteiger charge is -2.42. The maximum Gasteiger partial charge on any atom is 0.0723 e. The minimum Gasteiger partial charge on any atom is -0.369 e. The van der Waals surface area contributed by atoms with Gasteiger partial charge in [-0.1, -0.05) is 84.9 Å². The van der Waals surface area contributed by atoms with Crippen LogP contribution >= 0.6 is 0 Å². The second kappa shape index (κ2) is 10.4. The smallest absolute Gasteiger partial charge is 0.0723 e. The fraction of sp³-hybridized carbons (Fsp3) is 0.122. The Morgan fingerprint density at radius 3 is 1.31 bits per heavy atom. The molecule has 218 valence electrons. The van der Waals surface area contributed by atoms with Crippen LogP contribution in [0.1, 0.15) is 0 Å². The van der Waals surface area contributed by atoms with E-state index in [0.717, 1.165) is 31.9 Å². The molecule has 0 spiro atoms. The van der Waals surface area contributed by atoms with Crippen LogP contribution in [0.15, 0.2) is 140 Å². The van der Waals surface area contributed by atoms with E-state index < -0.39 is 0 Å². The van der Waals surface area contributed by atoms with Gasteiger partial charge in [-0.25, -0.2) is 0 Å². The number of hydrogen-bond donors (Lipinski definition) is 0. The van der Waals surface area contributed by atoms with Crippen LogP contribution in [0.4, 0.5) is 39.8 Å². The summed E-state index contributed by atoms with van der Waals surface area (Å²) in [6.45, 7) is 4.20. The summed E-state index contributed by atoms with van der Waals surface area (Å²) in [6, 6.07) is 51.6. The number of hydrogen-bond acceptors (Lipinski definition) is 4. The summed E-state index contributed by atoms with van der Waals surface area (Å²) >= 11 is 0. The number of benzene rings is 7. The van der Waals surface area contributed by atoms with Crippen molar-refractivity contribution in [3.63, 3.8) is 0 Å². The number of fused-ring (bicyclic) bond motifs is 5. The van der Waals surface area contributed by atoms with E-state index >= 15 is 0 Å². The van der Waals surface area contributed by atoms with E-state index in [1.807, 2.05) is 0 Å². The van der Waals surface area contributed by atoms with Crippen molar-refractivity contribution in [3.05, 3.63) is 140 Å². The van der Waals surface area contributed by atoms with Crippen LogP contribution in [0.25, 0.3) is 32.3 Å². The molecule has 0 radical (unpaired) electrons. The highest BCUT2D eigenvalue weighted by molar-refractivity contribution is 6.08. The molecule has 0 unspecified atom stereocenters. The van der Waals surface area contributed by atoms with Crippen molar-refractivity contribution >= 4 is 72.1 Å². The summed E-state index contributed by atoms with van der Waals surface area (Å²) in [6.07, 6.45) is 0. The number of anilines is 7. The lowest BCUT2D eigenvalue weighted by Crippen LogP contribution is -2.44. The Labute approximate surface area is 264 Å². The molecule has 9 rings (SSSR count). The lowest BCUT2D eigenvalue weighted by atomic mass is 9.99. The summed E-state index contributed by atoms with van der Waals surface area (Å²) in [5, 5.41) is 7.45. The first-order chi connectivity index (χ1) is 22.2. The third kappa shape index (κ3) is 4.41. The molecule has 7 aromatic carbocycles. The Bertz CT molecular complexity index is 2230. The highest BCUT2D eigenvalue weighted by atomic mass is 15.3. The van der Waals surface area contributed by atoms with Gasteiger partial charge in [0.25, 0.3) is 0 Å². The van der Waals surface area contributed by atoms with Crippen molar-refractivity contribution in [3.8, 4) is 0 Å². The molecule has 0 aliphatic carbocycles. The highest BCUT2D eigenvalue weighted by Crippen LogP contribution is 2.56. The van der Waals surface area contributed by atoms with E-state index in [9.17, 15) is 0 Å². The molecule has 4 heteroatoms. The summed E-state index contributed by atoms with van der Waals surface area (Å²) in [4.78, 5) is 9.91. The van der Waals surface area contributed by atoms with E-state index in [0.29, 0.717) is 0 Å². The van der Waals surface area contributed by atoms with Gasteiger partial charge in [-0.2, -0.15) is 0 Å². The Morgan fingerprint density at radius 2 is 0.778 bits per heavy atom. The molecule has 45 heavy (non-hydrogen) atoms. The van der Waals surface area contributed by atoms with Crippen LogP contribution in [0.2, 0.25) is 0 Å². The number of likely N-dealkylation sites (N-methyl/N-ethyl adjacent to an activating group) is 1. The van der Waals surface area contributed by atoms with E-state index in [2.05, 4.69) is 166 Å². The Balaban J connectivity index is 1.32. The number of piperazine rings is 1. The Kier molecular flexibility index (Phi) is 6.03. The zero-order chi connectivity index (χ0) is 29.9. The Morgan fingerprint density at radius 1 is 0.356 bits per heavy atom. The van der Waals surface area contributed by atoms with Crippen molar-refractivity contribution in [2.75, 3.05) is 47.9 Å². The van der Waals surface area contributed by atoms with Gasteiger partial charge in [-0.15, -0.1) is 0 Å². The van der Waals surface area contributed by atoms with Crippen molar-refractivity contribution < 1.29 is 0 Å². The second-order valence-corrected chi connectivity index (χ2v) is 12.4. The van der Waals surface area contributed by atoms with Crippen LogP contribution in [0, 0.1) is 0 Å². The quantitative estimate of drug-likeness (QED) is 0.205. The molecule has 0 amide bonds. The average Bonchev–Trinajstić information content (AvgIpc) is 3.09. The minimum atomic E-state index is 1.03. The van der Waals surface area contributed by atoms with Gasteiger partial charge in [0.15, 0.2) is 0 Å². The predicted molar refractivity (Wildman–Crippen MR) is 192 cm³/mol. The van der Waals surface area contributed by atoms with E-state index in [1.165, 1.54) is 66.4 Å². The SMILES string of the molecule is CN1CCN(c2ccc3c(c2)N(c2ccc4ccccc4c2)c2cc4ccccc4cc2N3c2ccc3ccccc3c2)CC1. The van der Waals surface area contributed by atoms with Crippen molar-refractivity contribution in [2.24, 2.45) is 0 Å². The largest absolute Gasteiger partial charge is 0.369 e. The maximum atomic E-state index is 2.54. The molecule has 2 heterocycles. The van der Waals surface area contributed by atoms with Gasteiger partial charge in [0.05, 0.1) is 22.7 Å². The van der Waals surface area contributed by atoms with E-state index in [1.54, 1.807) is 0 Å². The molecule has 0 aromatic heterocycles. The maximum absolute atomic E-state index is 2.54. The summed E-state index contributed by atoms with van der Waals surface area (Å²) in [7, 11) is 2.22. The molecule has 1 fully saturated rings. The molecule has 0 bridgehead atoms. The van der Waals surface area contributed by atoms with Gasteiger partial charge in [0.1, 0.15) is 0 Å². The molecule has 0 N–H and O–H groups in total. The fourth-order valence-corrected chi connectivity index (χ4v) is 7.16. The van der Waals surface area contributed by atoms with Gasteiger partial charge in [0.2, 0.25) is 0 Å². The first kappa shape index (κ1) is 26.1. The van der Waals surface area contributed by atoms with Crippen molar-refractivity contribution in [2.45, 2.75) is 0 Å². The van der Waals surface area contributed by atoms with Gasteiger partial charge >= 0.3 is 0 Å². The number of nitrogens with zero attached hydrogens (tertiary/aromatic N) is 4. The van der Waals surface area contributed by atoms with Gasteiger partial charge < -0.3 is 19.6 Å². The highest BCUT2D eigenvalue weighted by Gasteiger charge is 2.32. The predicted octanol–water partition coefficient (Wildman–Crippen LogP) is 10.2. The van der Waals surface area contributed by atoms with Gasteiger partial charge in [0, 0.05) is 43.2 Å². The van der Waals surface area contributed by atoms with E-state index in [4.69, 9.17) is 0 Å². The second-order valence-electron chi connectivity index (χ2n) is 12.4. The van der Waals surface area contributed by atoms with Gasteiger partial charge in [-0.05, 0) is 94.0 Å². The van der Waals surface area contributed by atoms with Crippen molar-refractivity contribution in [1.29, 1.82) is 0 Å². The molecule has 2 aliphatic heterocycles. The topological polar surface area (TPSA) is 13.0 Å². The summed E-state index contributed by atoms with van der Waals surface area (Å²) in [5.74, 6) is 0. The molecule has 0 saturated carbocycles. The third-order valence-corrected chi connectivity index (χ3v) is 9.62. The van der Waals surface area contributed by atoms with Crippen molar-refractivity contribution in [1.82, 2.24) is 4.90 Å². The zero-order valence-electron chi connectivity index (χ0n) is 25.4.